The monoisotopic (exact) mass is 738 g/mol. The third kappa shape index (κ3) is 38.6. The summed E-state index contributed by atoms with van der Waals surface area (Å²) >= 11 is 0. The largest absolute Gasteiger partial charge is 0.466 e. The van der Waals surface area contributed by atoms with Gasteiger partial charge in [0.2, 0.25) is 0 Å². The molecule has 0 spiro atoms. The molecule has 0 bridgehead atoms. The van der Waals surface area contributed by atoms with Crippen LogP contribution in [0.2, 0.25) is 0 Å². The van der Waals surface area contributed by atoms with Gasteiger partial charge in [-0.15, -0.1) is 0 Å². The number of esters is 2. The zero-order chi connectivity index (χ0) is 38.4. The summed E-state index contributed by atoms with van der Waals surface area (Å²) in [6, 6.07) is 0. The Labute approximate surface area is 323 Å². The van der Waals surface area contributed by atoms with Crippen molar-refractivity contribution in [3.63, 3.8) is 0 Å². The van der Waals surface area contributed by atoms with Gasteiger partial charge in [-0.1, -0.05) is 162 Å². The molecule has 308 valence electrons. The molecule has 0 unspecified atom stereocenters. The van der Waals surface area contributed by atoms with E-state index in [2.05, 4.69) is 25.7 Å². The number of carbonyl (C=O) groups is 2. The fourth-order valence-electron chi connectivity index (χ4n) is 7.09. The average molecular weight is 738 g/mol. The Bertz CT molecular complexity index is 760. The Kier molecular flexibility index (Phi) is 37.4. The molecule has 0 aliphatic carbocycles. The van der Waals surface area contributed by atoms with Gasteiger partial charge in [0.05, 0.1) is 6.61 Å². The summed E-state index contributed by atoms with van der Waals surface area (Å²) in [6.45, 7) is 9.11. The van der Waals surface area contributed by atoms with Crippen LogP contribution in [0.15, 0.2) is 0 Å². The van der Waals surface area contributed by atoms with Crippen LogP contribution in [0.1, 0.15) is 233 Å². The van der Waals surface area contributed by atoms with Crippen LogP contribution in [0.25, 0.3) is 0 Å². The van der Waals surface area contributed by atoms with Gasteiger partial charge in [-0.05, 0) is 70.9 Å². The number of nitrogens with zero attached hydrogens (tertiary/aromatic N) is 1. The van der Waals surface area contributed by atoms with Gasteiger partial charge in [-0.2, -0.15) is 0 Å². The molecule has 0 aromatic heterocycles. The van der Waals surface area contributed by atoms with Gasteiger partial charge in [0.15, 0.2) is 7.85 Å². The molecule has 0 heterocycles. The minimum Gasteiger partial charge on any atom is -0.466 e. The first kappa shape index (κ1) is 50.9. The second-order valence-electron chi connectivity index (χ2n) is 16.1. The van der Waals surface area contributed by atoms with Crippen LogP contribution in [-0.2, 0) is 19.1 Å². The van der Waals surface area contributed by atoms with E-state index >= 15 is 0 Å². The Balaban J connectivity index is 4.15. The normalized spacial score (nSPS) is 11.9. The van der Waals surface area contributed by atoms with Crippen LogP contribution in [0.3, 0.4) is 0 Å². The minimum atomic E-state index is -1.72. The summed E-state index contributed by atoms with van der Waals surface area (Å²) in [4.78, 5) is 27.0. The lowest BCUT2D eigenvalue weighted by Gasteiger charge is -2.28. The molecule has 7 nitrogen and oxygen atoms in total. The standard InChI is InChI=1S/C44H88BNO6/c1-4-7-10-13-16-17-18-24-32-39-51-42(47)35-29-25-31-38-46(40-44(45,49)50)37-30-23-19-22-28-36-43(48)52-41(33-26-20-14-11-8-5-2)34-27-21-15-12-9-6-3/h41,49-50H,4-40,45H2,1-3H3. The Morgan fingerprint density at radius 2 is 0.885 bits per heavy atom. The fraction of sp³-hybridized carbons (Fsp3) is 0.955. The molecule has 0 radical (unpaired) electrons. The molecule has 0 atom stereocenters. The molecule has 8 heteroatoms. The van der Waals surface area contributed by atoms with Crippen molar-refractivity contribution < 1.29 is 29.3 Å². The summed E-state index contributed by atoms with van der Waals surface area (Å²) < 4.78 is 11.4. The molecule has 0 saturated carbocycles. The van der Waals surface area contributed by atoms with E-state index in [0.29, 0.717) is 19.4 Å². The maximum Gasteiger partial charge on any atom is 0.306 e. The van der Waals surface area contributed by atoms with Crippen molar-refractivity contribution in [2.75, 3.05) is 26.2 Å². The van der Waals surface area contributed by atoms with E-state index in [1.54, 1.807) is 0 Å². The molecule has 0 amide bonds. The van der Waals surface area contributed by atoms with E-state index in [1.807, 2.05) is 0 Å². The number of hydrogen-bond acceptors (Lipinski definition) is 7. The first-order valence-electron chi connectivity index (χ1n) is 22.7. The summed E-state index contributed by atoms with van der Waals surface area (Å²) in [7, 11) is 1.44. The highest BCUT2D eigenvalue weighted by Crippen LogP contribution is 2.19. The zero-order valence-corrected chi connectivity index (χ0v) is 35.2. The lowest BCUT2D eigenvalue weighted by atomic mass is 9.94. The van der Waals surface area contributed by atoms with Crippen LogP contribution in [-0.4, -0.2) is 72.9 Å². The molecule has 0 rings (SSSR count). The van der Waals surface area contributed by atoms with Gasteiger partial charge in [-0.25, -0.2) is 0 Å². The average Bonchev–Trinajstić information content (AvgIpc) is 3.10. The van der Waals surface area contributed by atoms with Crippen molar-refractivity contribution in [2.24, 2.45) is 0 Å². The van der Waals surface area contributed by atoms with Gasteiger partial charge in [-0.3, -0.25) is 14.5 Å². The second-order valence-corrected chi connectivity index (χ2v) is 16.1. The maximum atomic E-state index is 12.7. The summed E-state index contributed by atoms with van der Waals surface area (Å²) in [5.74, 6) is -0.116. The molecule has 0 aliphatic heterocycles. The highest BCUT2D eigenvalue weighted by Gasteiger charge is 2.20. The Morgan fingerprint density at radius 1 is 0.519 bits per heavy atom. The number of hydrogen-bond donors (Lipinski definition) is 2. The third-order valence-electron chi connectivity index (χ3n) is 10.3. The number of aliphatic hydroxyl groups is 2. The summed E-state index contributed by atoms with van der Waals surface area (Å²) in [5, 5.41) is 20.1. The lowest BCUT2D eigenvalue weighted by Crippen LogP contribution is -2.44. The van der Waals surface area contributed by atoms with E-state index in [4.69, 9.17) is 9.47 Å². The van der Waals surface area contributed by atoms with E-state index in [1.165, 1.54) is 117 Å². The van der Waals surface area contributed by atoms with Crippen molar-refractivity contribution in [3.8, 4) is 0 Å². The van der Waals surface area contributed by atoms with Gasteiger partial charge in [0.1, 0.15) is 11.8 Å². The van der Waals surface area contributed by atoms with E-state index in [9.17, 15) is 19.8 Å². The number of ether oxygens (including phenoxy) is 2. The third-order valence-corrected chi connectivity index (χ3v) is 10.3. The van der Waals surface area contributed by atoms with E-state index < -0.39 is 5.69 Å². The van der Waals surface area contributed by atoms with Gasteiger partial charge in [0, 0.05) is 19.4 Å². The van der Waals surface area contributed by atoms with Crippen molar-refractivity contribution in [1.82, 2.24) is 4.90 Å². The SMILES string of the molecule is BC(O)(O)CN(CCCCCCCC(=O)OC(CCCCCCCC)CCCCCCCC)CCCCCC(=O)OCCCCCCCCCCC. The molecule has 0 aromatic rings. The Hall–Kier alpha value is -1.12. The maximum absolute atomic E-state index is 12.7. The first-order valence-corrected chi connectivity index (χ1v) is 22.7. The molecular formula is C44H88BNO6. The zero-order valence-electron chi connectivity index (χ0n) is 35.2. The van der Waals surface area contributed by atoms with Crippen LogP contribution < -0.4 is 0 Å². The van der Waals surface area contributed by atoms with Crippen LogP contribution >= 0.6 is 0 Å². The minimum absolute atomic E-state index is 0.0228. The molecule has 0 aliphatic rings. The molecule has 52 heavy (non-hydrogen) atoms. The molecule has 0 saturated heterocycles. The lowest BCUT2D eigenvalue weighted by molar-refractivity contribution is -0.150. The van der Waals surface area contributed by atoms with Gasteiger partial charge >= 0.3 is 11.9 Å². The quantitative estimate of drug-likeness (QED) is 0.0279. The predicted molar refractivity (Wildman–Crippen MR) is 222 cm³/mol. The fourth-order valence-corrected chi connectivity index (χ4v) is 7.09. The van der Waals surface area contributed by atoms with Gasteiger partial charge in [0.25, 0.3) is 0 Å². The van der Waals surface area contributed by atoms with Crippen molar-refractivity contribution in [2.45, 2.75) is 244 Å². The summed E-state index contributed by atoms with van der Waals surface area (Å²) in [5.41, 5.74) is -1.72. The molecule has 0 aromatic carbocycles. The number of rotatable bonds is 41. The van der Waals surface area contributed by atoms with Gasteiger partial charge < -0.3 is 19.7 Å². The van der Waals surface area contributed by atoms with Crippen molar-refractivity contribution >= 4 is 19.8 Å². The predicted octanol–water partition coefficient (Wildman–Crippen LogP) is 10.9. The first-order chi connectivity index (χ1) is 25.2. The van der Waals surface area contributed by atoms with Crippen LogP contribution in [0.4, 0.5) is 0 Å². The molecule has 2 N–H and O–H groups in total. The molecular weight excluding hydrogens is 649 g/mol. The van der Waals surface area contributed by atoms with E-state index in [0.717, 1.165) is 103 Å². The van der Waals surface area contributed by atoms with Crippen LogP contribution in [0.5, 0.6) is 0 Å². The number of carbonyl (C=O) groups excluding carboxylic acids is 2. The van der Waals surface area contributed by atoms with Crippen molar-refractivity contribution in [3.05, 3.63) is 0 Å². The van der Waals surface area contributed by atoms with Crippen LogP contribution in [0, 0.1) is 0 Å². The van der Waals surface area contributed by atoms with E-state index in [-0.39, 0.29) is 24.6 Å². The second kappa shape index (κ2) is 38.2. The molecule has 0 fully saturated rings. The highest BCUT2D eigenvalue weighted by atomic mass is 16.5. The Morgan fingerprint density at radius 3 is 1.35 bits per heavy atom. The summed E-state index contributed by atoms with van der Waals surface area (Å²) in [6.07, 6.45) is 37.2. The highest BCUT2D eigenvalue weighted by molar-refractivity contribution is 6.13. The van der Waals surface area contributed by atoms with Crippen molar-refractivity contribution in [1.29, 1.82) is 0 Å². The topological polar surface area (TPSA) is 96.3 Å². The number of unbranched alkanes of at least 4 members (excludes halogenated alkanes) is 24. The smallest absolute Gasteiger partial charge is 0.306 e.